The molecule has 0 saturated carbocycles. The number of amides is 1. The SMILES string of the molecule is O=C(CSc1nc2ccccc2c2nc3ccccc3n12)NC[C@@H]1CN(Cc2ccccc2)CCO1. The summed E-state index contributed by atoms with van der Waals surface area (Å²) < 4.78 is 7.97. The monoisotopic (exact) mass is 497 g/mol. The van der Waals surface area contributed by atoms with Crippen molar-refractivity contribution in [1.82, 2.24) is 24.6 Å². The fourth-order valence-electron chi connectivity index (χ4n) is 4.71. The molecule has 182 valence electrons. The Morgan fingerprint density at radius 2 is 1.75 bits per heavy atom. The lowest BCUT2D eigenvalue weighted by Crippen LogP contribution is -2.47. The number of imidazole rings is 1. The third-order valence-electron chi connectivity index (χ3n) is 6.44. The summed E-state index contributed by atoms with van der Waals surface area (Å²) in [5.41, 5.74) is 4.93. The number of morpholine rings is 1. The first-order valence-corrected chi connectivity index (χ1v) is 13.2. The molecule has 0 radical (unpaired) electrons. The molecule has 1 N–H and O–H groups in total. The summed E-state index contributed by atoms with van der Waals surface area (Å²) in [6.07, 6.45) is -0.0143. The third-order valence-corrected chi connectivity index (χ3v) is 7.38. The lowest BCUT2D eigenvalue weighted by Gasteiger charge is -2.33. The zero-order valence-corrected chi connectivity index (χ0v) is 20.7. The topological polar surface area (TPSA) is 71.8 Å². The summed E-state index contributed by atoms with van der Waals surface area (Å²) in [6.45, 7) is 3.77. The van der Waals surface area contributed by atoms with Crippen molar-refractivity contribution in [3.8, 4) is 0 Å². The van der Waals surface area contributed by atoms with Crippen LogP contribution in [0.15, 0.2) is 84.0 Å². The molecule has 36 heavy (non-hydrogen) atoms. The number of hydrogen-bond acceptors (Lipinski definition) is 6. The molecule has 0 bridgehead atoms. The number of rotatable bonds is 7. The van der Waals surface area contributed by atoms with E-state index >= 15 is 0 Å². The molecule has 7 nitrogen and oxygen atoms in total. The van der Waals surface area contributed by atoms with Crippen LogP contribution >= 0.6 is 11.8 Å². The van der Waals surface area contributed by atoms with Gasteiger partial charge in [0.2, 0.25) is 5.91 Å². The molecule has 6 rings (SSSR count). The van der Waals surface area contributed by atoms with Crippen LogP contribution in [0.3, 0.4) is 0 Å². The van der Waals surface area contributed by atoms with Crippen LogP contribution in [-0.2, 0) is 16.1 Å². The van der Waals surface area contributed by atoms with Gasteiger partial charge in [0.25, 0.3) is 0 Å². The molecule has 3 aromatic carbocycles. The standard InChI is InChI=1S/C28H27N5O2S/c34-26(29-16-21-18-32(14-15-35-21)17-20-8-2-1-3-9-20)19-36-28-31-23-11-5-4-10-22(23)27-30-24-12-6-7-13-25(24)33(27)28/h1-13,21H,14-19H2,(H,29,34)/t21-/m1/s1. The first kappa shape index (κ1) is 23.0. The van der Waals surface area contributed by atoms with Crippen LogP contribution in [0.1, 0.15) is 5.56 Å². The summed E-state index contributed by atoms with van der Waals surface area (Å²) in [5, 5.41) is 4.82. The van der Waals surface area contributed by atoms with Gasteiger partial charge in [-0.3, -0.25) is 14.1 Å². The van der Waals surface area contributed by atoms with Crippen molar-refractivity contribution >= 4 is 45.3 Å². The maximum Gasteiger partial charge on any atom is 0.230 e. The minimum Gasteiger partial charge on any atom is -0.374 e. The van der Waals surface area contributed by atoms with Crippen molar-refractivity contribution in [2.45, 2.75) is 17.8 Å². The van der Waals surface area contributed by atoms with Gasteiger partial charge in [-0.05, 0) is 29.8 Å². The molecule has 1 amide bonds. The van der Waals surface area contributed by atoms with E-state index in [4.69, 9.17) is 14.7 Å². The predicted molar refractivity (Wildman–Crippen MR) is 143 cm³/mol. The van der Waals surface area contributed by atoms with Crippen molar-refractivity contribution in [3.63, 3.8) is 0 Å². The maximum atomic E-state index is 12.8. The zero-order valence-electron chi connectivity index (χ0n) is 19.8. The quantitative estimate of drug-likeness (QED) is 0.269. The third kappa shape index (κ3) is 4.80. The molecule has 0 spiro atoms. The van der Waals surface area contributed by atoms with Crippen molar-refractivity contribution < 1.29 is 9.53 Å². The summed E-state index contributed by atoms with van der Waals surface area (Å²) in [6, 6.07) is 26.5. The van der Waals surface area contributed by atoms with E-state index in [1.165, 1.54) is 17.3 Å². The number of fused-ring (bicyclic) bond motifs is 5. The molecule has 0 unspecified atom stereocenters. The van der Waals surface area contributed by atoms with Gasteiger partial charge >= 0.3 is 0 Å². The predicted octanol–water partition coefficient (Wildman–Crippen LogP) is 4.15. The van der Waals surface area contributed by atoms with Crippen LogP contribution < -0.4 is 5.32 Å². The normalized spacial score (nSPS) is 16.6. The van der Waals surface area contributed by atoms with E-state index in [1.807, 2.05) is 54.6 Å². The number of hydrogen-bond donors (Lipinski definition) is 1. The molecule has 1 aliphatic heterocycles. The van der Waals surface area contributed by atoms with Crippen LogP contribution in [0.4, 0.5) is 0 Å². The van der Waals surface area contributed by atoms with Crippen molar-refractivity contribution in [2.75, 3.05) is 32.0 Å². The molecule has 1 saturated heterocycles. The minimum absolute atomic E-state index is 0.0143. The first-order chi connectivity index (χ1) is 17.7. The Labute approximate surface area is 213 Å². The number of carbonyl (C=O) groups excluding carboxylic acids is 1. The van der Waals surface area contributed by atoms with E-state index in [1.54, 1.807) is 0 Å². The highest BCUT2D eigenvalue weighted by atomic mass is 32.2. The van der Waals surface area contributed by atoms with Gasteiger partial charge in [0.15, 0.2) is 5.16 Å². The lowest BCUT2D eigenvalue weighted by atomic mass is 10.2. The first-order valence-electron chi connectivity index (χ1n) is 12.2. The molecular weight excluding hydrogens is 470 g/mol. The highest BCUT2D eigenvalue weighted by Gasteiger charge is 2.21. The number of aromatic nitrogens is 3. The number of ether oxygens (including phenoxy) is 1. The van der Waals surface area contributed by atoms with E-state index < -0.39 is 0 Å². The van der Waals surface area contributed by atoms with Crippen LogP contribution in [-0.4, -0.2) is 63.3 Å². The lowest BCUT2D eigenvalue weighted by molar-refractivity contribution is -0.119. The Morgan fingerprint density at radius 1 is 0.972 bits per heavy atom. The van der Waals surface area contributed by atoms with E-state index in [9.17, 15) is 4.79 Å². The number of nitrogens with zero attached hydrogens (tertiary/aromatic N) is 4. The van der Waals surface area contributed by atoms with Crippen molar-refractivity contribution in [1.29, 1.82) is 0 Å². The Kier molecular flexibility index (Phi) is 6.55. The number of thioether (sulfide) groups is 1. The molecule has 2 aromatic heterocycles. The molecule has 8 heteroatoms. The fraction of sp³-hybridized carbons (Fsp3) is 0.250. The highest BCUT2D eigenvalue weighted by molar-refractivity contribution is 7.99. The smallest absolute Gasteiger partial charge is 0.230 e. The summed E-state index contributed by atoms with van der Waals surface area (Å²) in [4.78, 5) is 24.9. The second-order valence-corrected chi connectivity index (χ2v) is 9.92. The Bertz CT molecular complexity index is 1520. The van der Waals surface area contributed by atoms with E-state index in [2.05, 4.69) is 38.9 Å². The molecule has 3 heterocycles. The van der Waals surface area contributed by atoms with E-state index in [0.717, 1.165) is 52.4 Å². The van der Waals surface area contributed by atoms with Crippen molar-refractivity contribution in [3.05, 3.63) is 84.4 Å². The van der Waals surface area contributed by atoms with Gasteiger partial charge in [-0.25, -0.2) is 9.97 Å². The number of benzene rings is 3. The molecule has 5 aromatic rings. The van der Waals surface area contributed by atoms with Gasteiger partial charge in [0.1, 0.15) is 5.65 Å². The second-order valence-electron chi connectivity index (χ2n) is 8.98. The molecule has 1 fully saturated rings. The van der Waals surface area contributed by atoms with Gasteiger partial charge in [0, 0.05) is 31.6 Å². The molecular formula is C28H27N5O2S. The van der Waals surface area contributed by atoms with Gasteiger partial charge in [0.05, 0.1) is 35.0 Å². The Hall–Kier alpha value is -3.46. The van der Waals surface area contributed by atoms with Crippen molar-refractivity contribution in [2.24, 2.45) is 0 Å². The second kappa shape index (κ2) is 10.3. The van der Waals surface area contributed by atoms with Gasteiger partial charge in [-0.1, -0.05) is 66.4 Å². The number of para-hydroxylation sites is 3. The van der Waals surface area contributed by atoms with E-state index in [0.29, 0.717) is 13.2 Å². The summed E-state index contributed by atoms with van der Waals surface area (Å²) in [7, 11) is 0. The van der Waals surface area contributed by atoms with Gasteiger partial charge in [-0.2, -0.15) is 0 Å². The minimum atomic E-state index is -0.0312. The highest BCUT2D eigenvalue weighted by Crippen LogP contribution is 2.28. The Morgan fingerprint density at radius 3 is 2.64 bits per heavy atom. The zero-order chi connectivity index (χ0) is 24.3. The average Bonchev–Trinajstić information content (AvgIpc) is 3.32. The van der Waals surface area contributed by atoms with Gasteiger partial charge < -0.3 is 10.1 Å². The number of nitrogens with one attached hydrogen (secondary N) is 1. The fourth-order valence-corrected chi connectivity index (χ4v) is 5.55. The summed E-state index contributed by atoms with van der Waals surface area (Å²) in [5.74, 6) is 0.240. The Balaban J connectivity index is 1.12. The largest absolute Gasteiger partial charge is 0.374 e. The molecule has 1 atom stereocenters. The van der Waals surface area contributed by atoms with Crippen LogP contribution in [0.25, 0.3) is 27.6 Å². The molecule has 0 aliphatic carbocycles. The van der Waals surface area contributed by atoms with E-state index in [-0.39, 0.29) is 17.8 Å². The number of carbonyl (C=O) groups is 1. The van der Waals surface area contributed by atoms with Crippen LogP contribution in [0, 0.1) is 0 Å². The van der Waals surface area contributed by atoms with Crippen LogP contribution in [0.5, 0.6) is 0 Å². The van der Waals surface area contributed by atoms with Gasteiger partial charge in [-0.15, -0.1) is 0 Å². The summed E-state index contributed by atoms with van der Waals surface area (Å²) >= 11 is 1.43. The maximum absolute atomic E-state index is 12.8. The molecule has 1 aliphatic rings. The van der Waals surface area contributed by atoms with Crippen LogP contribution in [0.2, 0.25) is 0 Å². The average molecular weight is 498 g/mol.